The summed E-state index contributed by atoms with van der Waals surface area (Å²) < 4.78 is 0. The number of nitrogen functional groups attached to an aromatic ring is 2. The van der Waals surface area contributed by atoms with Crippen molar-refractivity contribution in [2.45, 2.75) is 12.8 Å². The molecular formula is C18H24N2O6. The van der Waals surface area contributed by atoms with Crippen LogP contribution < -0.4 is 11.5 Å². The smallest absolute Gasteiger partial charge is 0.335 e. The first-order valence-electron chi connectivity index (χ1n) is 7.71. The molecule has 0 aliphatic heterocycles. The van der Waals surface area contributed by atoms with Crippen LogP contribution in [0.3, 0.4) is 0 Å². The summed E-state index contributed by atoms with van der Waals surface area (Å²) in [6, 6.07) is 12.1. The number of benzene rings is 2. The highest BCUT2D eigenvalue weighted by molar-refractivity contribution is 5.88. The monoisotopic (exact) mass is 364 g/mol. The van der Waals surface area contributed by atoms with Crippen molar-refractivity contribution in [2.75, 3.05) is 24.7 Å². The van der Waals surface area contributed by atoms with E-state index in [1.165, 1.54) is 24.3 Å². The van der Waals surface area contributed by atoms with Crippen LogP contribution >= 0.6 is 0 Å². The van der Waals surface area contributed by atoms with E-state index >= 15 is 0 Å². The molecule has 0 fully saturated rings. The number of aliphatic hydroxyl groups is 2. The van der Waals surface area contributed by atoms with Crippen molar-refractivity contribution >= 4 is 23.3 Å². The fourth-order valence-electron chi connectivity index (χ4n) is 1.47. The molecule has 0 radical (unpaired) electrons. The third kappa shape index (κ3) is 10.6. The molecule has 0 saturated heterocycles. The van der Waals surface area contributed by atoms with Crippen LogP contribution in [0.2, 0.25) is 0 Å². The zero-order valence-electron chi connectivity index (χ0n) is 14.2. The Morgan fingerprint density at radius 2 is 0.923 bits per heavy atom. The molecule has 0 heterocycles. The van der Waals surface area contributed by atoms with E-state index < -0.39 is 11.9 Å². The van der Waals surface area contributed by atoms with E-state index in [4.69, 9.17) is 31.9 Å². The molecule has 0 atom stereocenters. The molecule has 0 aliphatic carbocycles. The minimum atomic E-state index is -0.931. The van der Waals surface area contributed by atoms with Crippen LogP contribution in [0.25, 0.3) is 0 Å². The summed E-state index contributed by atoms with van der Waals surface area (Å²) in [6.07, 6.45) is 1.44. The largest absolute Gasteiger partial charge is 0.478 e. The minimum absolute atomic E-state index is 0.195. The van der Waals surface area contributed by atoms with Gasteiger partial charge in [0.1, 0.15) is 0 Å². The van der Waals surface area contributed by atoms with Crippen LogP contribution in [0, 0.1) is 0 Å². The maximum atomic E-state index is 10.3. The molecule has 8 nitrogen and oxygen atoms in total. The number of aliphatic hydroxyl groups excluding tert-OH is 2. The Morgan fingerprint density at radius 3 is 1.12 bits per heavy atom. The number of carboxylic acid groups (broad SMARTS) is 2. The van der Waals surface area contributed by atoms with Crippen molar-refractivity contribution in [1.29, 1.82) is 0 Å². The van der Waals surface area contributed by atoms with Gasteiger partial charge in [-0.15, -0.1) is 0 Å². The van der Waals surface area contributed by atoms with Gasteiger partial charge in [0.2, 0.25) is 0 Å². The van der Waals surface area contributed by atoms with E-state index in [1.807, 2.05) is 0 Å². The molecule has 0 unspecified atom stereocenters. The molecule has 0 bridgehead atoms. The number of hydrogen-bond donors (Lipinski definition) is 6. The second-order valence-corrected chi connectivity index (χ2v) is 5.01. The highest BCUT2D eigenvalue weighted by atomic mass is 16.4. The number of nitrogens with two attached hydrogens (primary N) is 2. The van der Waals surface area contributed by atoms with Gasteiger partial charge in [0.05, 0.1) is 11.1 Å². The molecule has 8 N–H and O–H groups in total. The van der Waals surface area contributed by atoms with Gasteiger partial charge >= 0.3 is 11.9 Å². The molecule has 8 heteroatoms. The van der Waals surface area contributed by atoms with Gasteiger partial charge in [-0.3, -0.25) is 0 Å². The summed E-state index contributed by atoms with van der Waals surface area (Å²) in [5, 5.41) is 33.0. The van der Waals surface area contributed by atoms with E-state index in [0.29, 0.717) is 11.4 Å². The zero-order valence-corrected chi connectivity index (χ0v) is 14.2. The molecule has 0 aromatic heterocycles. The number of unbranched alkanes of at least 4 members (excludes halogenated alkanes) is 1. The number of carbonyl (C=O) groups is 2. The van der Waals surface area contributed by atoms with Crippen LogP contribution in [0.1, 0.15) is 33.6 Å². The van der Waals surface area contributed by atoms with Crippen molar-refractivity contribution in [2.24, 2.45) is 0 Å². The minimum Gasteiger partial charge on any atom is -0.478 e. The number of rotatable bonds is 5. The lowest BCUT2D eigenvalue weighted by atomic mass is 10.2. The maximum absolute atomic E-state index is 10.3. The summed E-state index contributed by atoms with van der Waals surface area (Å²) in [5.41, 5.74) is 12.3. The Balaban J connectivity index is 0.000000375. The van der Waals surface area contributed by atoms with Crippen LogP contribution in [-0.4, -0.2) is 45.6 Å². The Labute approximate surface area is 151 Å². The average Bonchev–Trinajstić information content (AvgIpc) is 2.62. The van der Waals surface area contributed by atoms with Crippen LogP contribution in [0.4, 0.5) is 11.4 Å². The molecular weight excluding hydrogens is 340 g/mol. The van der Waals surface area contributed by atoms with Gasteiger partial charge in [-0.2, -0.15) is 0 Å². The van der Waals surface area contributed by atoms with E-state index in [9.17, 15) is 9.59 Å². The van der Waals surface area contributed by atoms with Gasteiger partial charge < -0.3 is 31.9 Å². The fourth-order valence-corrected chi connectivity index (χ4v) is 1.47. The molecule has 0 amide bonds. The average molecular weight is 364 g/mol. The normalized spacial score (nSPS) is 9.15. The highest BCUT2D eigenvalue weighted by Crippen LogP contribution is 2.05. The van der Waals surface area contributed by atoms with E-state index in [2.05, 4.69) is 0 Å². The second-order valence-electron chi connectivity index (χ2n) is 5.01. The zero-order chi connectivity index (χ0) is 19.9. The van der Waals surface area contributed by atoms with Gasteiger partial charge in [0.25, 0.3) is 0 Å². The molecule has 2 aromatic rings. The topological polar surface area (TPSA) is 167 Å². The Hall–Kier alpha value is -3.10. The number of carboxylic acids is 2. The summed E-state index contributed by atoms with van der Waals surface area (Å²) in [6.45, 7) is 0.390. The molecule has 0 spiro atoms. The third-order valence-corrected chi connectivity index (χ3v) is 2.88. The summed E-state index contributed by atoms with van der Waals surface area (Å²) >= 11 is 0. The van der Waals surface area contributed by atoms with Gasteiger partial charge in [-0.1, -0.05) is 0 Å². The first-order valence-corrected chi connectivity index (χ1v) is 7.71. The standard InChI is InChI=1S/2C7H7NO2.C4H10O2/c2*8-6-3-1-5(2-4-6)7(9)10;5-3-1-2-4-6/h2*1-4H,8H2,(H,9,10);5-6H,1-4H2. The van der Waals surface area contributed by atoms with Crippen molar-refractivity contribution in [1.82, 2.24) is 0 Å². The molecule has 142 valence electrons. The Kier molecular flexibility index (Phi) is 11.6. The first kappa shape index (κ1) is 22.9. The summed E-state index contributed by atoms with van der Waals surface area (Å²) in [4.78, 5) is 20.5. The number of hydrogen-bond acceptors (Lipinski definition) is 6. The molecule has 0 saturated carbocycles. The molecule has 2 rings (SSSR count). The second kappa shape index (κ2) is 13.2. The molecule has 0 aliphatic rings. The quantitative estimate of drug-likeness (QED) is 0.344. The van der Waals surface area contributed by atoms with Crippen molar-refractivity contribution in [3.8, 4) is 0 Å². The molecule has 26 heavy (non-hydrogen) atoms. The van der Waals surface area contributed by atoms with Crippen molar-refractivity contribution in [3.05, 3.63) is 59.7 Å². The summed E-state index contributed by atoms with van der Waals surface area (Å²) in [5.74, 6) is -1.86. The lowest BCUT2D eigenvalue weighted by molar-refractivity contribution is 0.0686. The van der Waals surface area contributed by atoms with Crippen LogP contribution in [-0.2, 0) is 0 Å². The predicted octanol–water partition coefficient (Wildman–Crippen LogP) is 1.69. The highest BCUT2D eigenvalue weighted by Gasteiger charge is 1.99. The van der Waals surface area contributed by atoms with Gasteiger partial charge in [0, 0.05) is 24.6 Å². The third-order valence-electron chi connectivity index (χ3n) is 2.88. The van der Waals surface area contributed by atoms with E-state index in [0.717, 1.165) is 12.8 Å². The van der Waals surface area contributed by atoms with Gasteiger partial charge in [-0.25, -0.2) is 9.59 Å². The fraction of sp³-hybridized carbons (Fsp3) is 0.222. The van der Waals surface area contributed by atoms with E-state index in [-0.39, 0.29) is 24.3 Å². The Bertz CT molecular complexity index is 597. The maximum Gasteiger partial charge on any atom is 0.335 e. The lowest BCUT2D eigenvalue weighted by Gasteiger charge is -1.93. The lowest BCUT2D eigenvalue weighted by Crippen LogP contribution is -1.95. The number of anilines is 2. The van der Waals surface area contributed by atoms with Gasteiger partial charge in [0.15, 0.2) is 0 Å². The predicted molar refractivity (Wildman–Crippen MR) is 99.0 cm³/mol. The van der Waals surface area contributed by atoms with Crippen LogP contribution in [0.5, 0.6) is 0 Å². The van der Waals surface area contributed by atoms with Gasteiger partial charge in [-0.05, 0) is 61.4 Å². The van der Waals surface area contributed by atoms with Crippen LogP contribution in [0.15, 0.2) is 48.5 Å². The Morgan fingerprint density at radius 1 is 0.654 bits per heavy atom. The first-order chi connectivity index (χ1) is 12.3. The SMILES string of the molecule is Nc1ccc(C(=O)O)cc1.Nc1ccc(C(=O)O)cc1.OCCCCO. The van der Waals surface area contributed by atoms with E-state index in [1.54, 1.807) is 24.3 Å². The van der Waals surface area contributed by atoms with Crippen molar-refractivity contribution < 1.29 is 30.0 Å². The number of aromatic carboxylic acids is 2. The summed E-state index contributed by atoms with van der Waals surface area (Å²) in [7, 11) is 0. The molecule has 2 aromatic carbocycles. The van der Waals surface area contributed by atoms with Crippen molar-refractivity contribution in [3.63, 3.8) is 0 Å².